The van der Waals surface area contributed by atoms with E-state index in [2.05, 4.69) is 41.2 Å². The van der Waals surface area contributed by atoms with Gasteiger partial charge >= 0.3 is 0 Å². The minimum Gasteiger partial charge on any atom is -0.381 e. The average molecular weight is 429 g/mol. The molecule has 1 saturated heterocycles. The maximum absolute atomic E-state index is 5.55. The molecule has 1 fully saturated rings. The van der Waals surface area contributed by atoms with E-state index >= 15 is 0 Å². The van der Waals surface area contributed by atoms with Gasteiger partial charge in [0.25, 0.3) is 0 Å². The molecular weight excluding hydrogens is 397 g/mol. The van der Waals surface area contributed by atoms with Crippen molar-refractivity contribution in [2.45, 2.75) is 51.2 Å². The lowest BCUT2D eigenvalue weighted by molar-refractivity contribution is 0.129. The molecule has 1 aliphatic rings. The van der Waals surface area contributed by atoms with Crippen molar-refractivity contribution in [3.8, 4) is 0 Å². The van der Waals surface area contributed by atoms with Crippen LogP contribution in [0.25, 0.3) is 0 Å². The third-order valence-corrected chi connectivity index (χ3v) is 4.60. The van der Waals surface area contributed by atoms with Gasteiger partial charge in [-0.1, -0.05) is 13.3 Å². The second-order valence-electron chi connectivity index (χ2n) is 5.10. The second-order valence-corrected chi connectivity index (χ2v) is 6.51. The van der Waals surface area contributed by atoms with Crippen molar-refractivity contribution in [3.63, 3.8) is 0 Å². The van der Waals surface area contributed by atoms with Crippen LogP contribution < -0.4 is 10.6 Å². The number of halogens is 1. The number of rotatable bonds is 10. The van der Waals surface area contributed by atoms with Gasteiger partial charge in [0.15, 0.2) is 5.96 Å². The lowest BCUT2D eigenvalue weighted by Gasteiger charge is -2.12. The van der Waals surface area contributed by atoms with E-state index in [9.17, 15) is 0 Å². The Labute approximate surface area is 151 Å². The topological polar surface area (TPSA) is 45.6 Å². The third-order valence-electron chi connectivity index (χ3n) is 3.22. The van der Waals surface area contributed by atoms with Crippen molar-refractivity contribution >= 4 is 41.7 Å². The highest BCUT2D eigenvalue weighted by molar-refractivity contribution is 14.0. The molecule has 4 nitrogen and oxygen atoms in total. The van der Waals surface area contributed by atoms with Crippen molar-refractivity contribution in [2.75, 3.05) is 38.6 Å². The van der Waals surface area contributed by atoms with Crippen molar-refractivity contribution in [1.29, 1.82) is 0 Å². The second kappa shape index (κ2) is 15.2. The number of guanidine groups is 1. The zero-order valence-corrected chi connectivity index (χ0v) is 16.7. The third kappa shape index (κ3) is 11.5. The predicted molar refractivity (Wildman–Crippen MR) is 105 cm³/mol. The van der Waals surface area contributed by atoms with Gasteiger partial charge in [0.05, 0.1) is 6.54 Å². The van der Waals surface area contributed by atoms with E-state index in [0.717, 1.165) is 56.9 Å². The van der Waals surface area contributed by atoms with Crippen LogP contribution in [0.4, 0.5) is 0 Å². The molecule has 0 aromatic heterocycles. The highest BCUT2D eigenvalue weighted by Gasteiger charge is 2.14. The highest BCUT2D eigenvalue weighted by atomic mass is 127. The lowest BCUT2D eigenvalue weighted by atomic mass is 10.2. The summed E-state index contributed by atoms with van der Waals surface area (Å²) in [5, 5.41) is 7.42. The summed E-state index contributed by atoms with van der Waals surface area (Å²) in [6.45, 7) is 8.80. The summed E-state index contributed by atoms with van der Waals surface area (Å²) in [6, 6.07) is 0. The molecule has 0 amide bonds. The Morgan fingerprint density at radius 3 is 2.71 bits per heavy atom. The molecule has 0 aromatic carbocycles. The van der Waals surface area contributed by atoms with E-state index in [1.54, 1.807) is 0 Å². The van der Waals surface area contributed by atoms with Crippen LogP contribution in [0, 0.1) is 0 Å². The molecule has 0 bridgehead atoms. The standard InChI is InChI=1S/C15H31N3OS.HI/c1-3-5-10-19-11-7-9-17-15(16-4-2)18-13-14-8-6-12-20-14;/h14H,3-13H2,1-2H3,(H2,16,17,18);1H. The molecule has 0 aromatic rings. The predicted octanol–water partition coefficient (Wildman–Crippen LogP) is 3.26. The van der Waals surface area contributed by atoms with Crippen LogP contribution in [0.5, 0.6) is 0 Å². The maximum Gasteiger partial charge on any atom is 0.191 e. The summed E-state index contributed by atoms with van der Waals surface area (Å²) in [4.78, 5) is 4.68. The summed E-state index contributed by atoms with van der Waals surface area (Å²) < 4.78 is 5.55. The first-order valence-corrected chi connectivity index (χ1v) is 9.13. The molecule has 1 heterocycles. The zero-order chi connectivity index (χ0) is 14.5. The average Bonchev–Trinajstić information content (AvgIpc) is 2.97. The van der Waals surface area contributed by atoms with Gasteiger partial charge in [-0.2, -0.15) is 11.8 Å². The van der Waals surface area contributed by atoms with Crippen LogP contribution in [0.1, 0.15) is 46.0 Å². The molecule has 126 valence electrons. The smallest absolute Gasteiger partial charge is 0.191 e. The largest absolute Gasteiger partial charge is 0.381 e. The molecule has 6 heteroatoms. The molecule has 1 unspecified atom stereocenters. The fourth-order valence-electron chi connectivity index (χ4n) is 2.05. The first-order valence-electron chi connectivity index (χ1n) is 8.08. The number of ether oxygens (including phenoxy) is 1. The van der Waals surface area contributed by atoms with Gasteiger partial charge in [-0.25, -0.2) is 0 Å². The molecule has 2 N–H and O–H groups in total. The number of hydrogen-bond acceptors (Lipinski definition) is 3. The van der Waals surface area contributed by atoms with Gasteiger partial charge in [0.2, 0.25) is 0 Å². The van der Waals surface area contributed by atoms with Crippen LogP contribution in [-0.2, 0) is 4.74 Å². The number of nitrogens with one attached hydrogen (secondary N) is 2. The van der Waals surface area contributed by atoms with Gasteiger partial charge in [-0.05, 0) is 38.4 Å². The summed E-state index contributed by atoms with van der Waals surface area (Å²) >= 11 is 2.06. The van der Waals surface area contributed by atoms with Gasteiger partial charge < -0.3 is 15.4 Å². The summed E-state index contributed by atoms with van der Waals surface area (Å²) in [5.41, 5.74) is 0. The molecule has 0 aliphatic carbocycles. The summed E-state index contributed by atoms with van der Waals surface area (Å²) in [5.74, 6) is 2.26. The van der Waals surface area contributed by atoms with Crippen LogP contribution in [0.15, 0.2) is 4.99 Å². The molecular formula is C15H32IN3OS. The van der Waals surface area contributed by atoms with Crippen LogP contribution in [0.2, 0.25) is 0 Å². The van der Waals surface area contributed by atoms with Crippen molar-refractivity contribution in [3.05, 3.63) is 0 Å². The van der Waals surface area contributed by atoms with Gasteiger partial charge in [0.1, 0.15) is 0 Å². The molecule has 1 aliphatic heterocycles. The Morgan fingerprint density at radius 1 is 1.24 bits per heavy atom. The van der Waals surface area contributed by atoms with Crippen molar-refractivity contribution in [2.24, 2.45) is 4.99 Å². The van der Waals surface area contributed by atoms with Crippen molar-refractivity contribution in [1.82, 2.24) is 10.6 Å². The number of hydrogen-bond donors (Lipinski definition) is 2. The first kappa shape index (κ1) is 21.3. The molecule has 0 spiro atoms. The molecule has 1 atom stereocenters. The Morgan fingerprint density at radius 2 is 2.05 bits per heavy atom. The highest BCUT2D eigenvalue weighted by Crippen LogP contribution is 2.25. The molecule has 21 heavy (non-hydrogen) atoms. The number of unbranched alkanes of at least 4 members (excludes halogenated alkanes) is 1. The van der Waals surface area contributed by atoms with E-state index in [1.165, 1.54) is 25.0 Å². The van der Waals surface area contributed by atoms with Gasteiger partial charge in [-0.3, -0.25) is 4.99 Å². The quantitative estimate of drug-likeness (QED) is 0.242. The normalized spacial score (nSPS) is 18.4. The van der Waals surface area contributed by atoms with Gasteiger partial charge in [-0.15, -0.1) is 24.0 Å². The number of nitrogens with zero attached hydrogens (tertiary/aromatic N) is 1. The zero-order valence-electron chi connectivity index (χ0n) is 13.5. The van der Waals surface area contributed by atoms with E-state index in [1.807, 2.05) is 0 Å². The minimum atomic E-state index is 0. The Hall–Kier alpha value is 0.310. The van der Waals surface area contributed by atoms with E-state index < -0.39 is 0 Å². The van der Waals surface area contributed by atoms with E-state index in [-0.39, 0.29) is 24.0 Å². The van der Waals surface area contributed by atoms with Crippen molar-refractivity contribution < 1.29 is 4.74 Å². The number of thioether (sulfide) groups is 1. The fourth-order valence-corrected chi connectivity index (χ4v) is 3.23. The molecule has 0 saturated carbocycles. The molecule has 1 rings (SSSR count). The SMILES string of the molecule is CCCCOCCCNC(=NCC1CCCS1)NCC.I. The minimum absolute atomic E-state index is 0. The van der Waals surface area contributed by atoms with Gasteiger partial charge in [0, 0.05) is 31.6 Å². The summed E-state index contributed by atoms with van der Waals surface area (Å²) in [6.07, 6.45) is 6.07. The molecule has 0 radical (unpaired) electrons. The Kier molecular flexibility index (Phi) is 15.4. The Balaban J connectivity index is 0.00000400. The lowest BCUT2D eigenvalue weighted by Crippen LogP contribution is -2.38. The van der Waals surface area contributed by atoms with E-state index in [0.29, 0.717) is 0 Å². The monoisotopic (exact) mass is 429 g/mol. The maximum atomic E-state index is 5.55. The summed E-state index contributed by atoms with van der Waals surface area (Å²) in [7, 11) is 0. The number of aliphatic imine (C=N–C) groups is 1. The Bertz CT molecular complexity index is 261. The van der Waals surface area contributed by atoms with Crippen LogP contribution >= 0.6 is 35.7 Å². The first-order chi connectivity index (χ1) is 9.86. The van der Waals surface area contributed by atoms with Crippen LogP contribution in [-0.4, -0.2) is 49.8 Å². The van der Waals surface area contributed by atoms with E-state index in [4.69, 9.17) is 4.74 Å². The van der Waals surface area contributed by atoms with Crippen LogP contribution in [0.3, 0.4) is 0 Å². The fraction of sp³-hybridized carbons (Fsp3) is 0.933.